The van der Waals surface area contributed by atoms with Gasteiger partial charge < -0.3 is 24.3 Å². The number of likely N-dealkylation sites (tertiary alicyclic amines) is 1. The van der Waals surface area contributed by atoms with E-state index in [4.69, 9.17) is 37.7 Å². The van der Waals surface area contributed by atoms with Crippen molar-refractivity contribution in [1.82, 2.24) is 29.7 Å². The number of amides is 1. The van der Waals surface area contributed by atoms with E-state index in [-0.39, 0.29) is 81.9 Å². The summed E-state index contributed by atoms with van der Waals surface area (Å²) in [6.07, 6.45) is 2.08. The number of ether oxygens (including phenoxy) is 2. The predicted molar refractivity (Wildman–Crippen MR) is 223 cm³/mol. The van der Waals surface area contributed by atoms with Crippen LogP contribution in [-0.2, 0) is 17.7 Å². The summed E-state index contributed by atoms with van der Waals surface area (Å²) in [6.45, 7) is 1.08. The smallest absolute Gasteiger partial charge is 0.410 e. The number of nitrogens with zero attached hydrogens (tertiary/aromatic N) is 6. The van der Waals surface area contributed by atoms with Gasteiger partial charge in [0.25, 0.3) is 0 Å². The van der Waals surface area contributed by atoms with Crippen LogP contribution in [0, 0.1) is 34.7 Å². The van der Waals surface area contributed by atoms with E-state index >= 15 is 13.2 Å². The highest BCUT2D eigenvalue weighted by Crippen LogP contribution is 2.52. The molecule has 1 saturated carbocycles. The highest BCUT2D eigenvalue weighted by Gasteiger charge is 2.51. The van der Waals surface area contributed by atoms with Crippen LogP contribution in [0.15, 0.2) is 66.9 Å². The molecule has 3 aromatic heterocycles. The summed E-state index contributed by atoms with van der Waals surface area (Å²) in [5, 5.41) is 14.5. The monoisotopic (exact) mass is 853 g/mol. The molecule has 3 aromatic carbocycles. The Hall–Kier alpha value is -5.39. The van der Waals surface area contributed by atoms with Crippen LogP contribution in [0.25, 0.3) is 44.2 Å². The summed E-state index contributed by atoms with van der Waals surface area (Å²) >= 11 is 13.2. The summed E-state index contributed by atoms with van der Waals surface area (Å²) in [6, 6.07) is 18.4. The van der Waals surface area contributed by atoms with Crippen LogP contribution in [0.2, 0.25) is 10.0 Å². The van der Waals surface area contributed by atoms with E-state index in [1.807, 2.05) is 18.2 Å². The third kappa shape index (κ3) is 6.70. The lowest BCUT2D eigenvalue weighted by molar-refractivity contribution is 0.111. The van der Waals surface area contributed by atoms with E-state index in [0.29, 0.717) is 45.4 Å². The molecule has 4 aliphatic rings. The van der Waals surface area contributed by atoms with E-state index in [1.165, 1.54) is 19.2 Å². The van der Waals surface area contributed by atoms with Crippen molar-refractivity contribution in [1.29, 1.82) is 5.26 Å². The van der Waals surface area contributed by atoms with Crippen molar-refractivity contribution >= 4 is 51.1 Å². The third-order valence-electron chi connectivity index (χ3n) is 12.1. The van der Waals surface area contributed by atoms with E-state index in [1.54, 1.807) is 60.4 Å². The van der Waals surface area contributed by atoms with Crippen LogP contribution in [0.1, 0.15) is 48.2 Å². The average Bonchev–Trinajstić information content (AvgIpc) is 4.05. The van der Waals surface area contributed by atoms with Crippen molar-refractivity contribution in [2.45, 2.75) is 56.5 Å². The van der Waals surface area contributed by atoms with Crippen molar-refractivity contribution in [2.24, 2.45) is 5.92 Å². The first-order valence-corrected chi connectivity index (χ1v) is 20.5. The molecule has 6 heterocycles. The number of hydrogen-bond acceptors (Lipinski definition) is 8. The minimum atomic E-state index is -1.12. The molecule has 0 radical (unpaired) electrons. The number of carbonyl (C=O) groups excluding carboxylic acids is 1. The van der Waals surface area contributed by atoms with E-state index in [0.717, 1.165) is 13.0 Å². The highest BCUT2D eigenvalue weighted by molar-refractivity contribution is 6.43. The number of pyridine rings is 2. The highest BCUT2D eigenvalue weighted by atomic mass is 35.5. The van der Waals surface area contributed by atoms with Crippen LogP contribution < -0.4 is 10.1 Å². The van der Waals surface area contributed by atoms with Gasteiger partial charge in [-0.3, -0.25) is 4.90 Å². The number of nitrogens with one attached hydrogen (secondary N) is 1. The van der Waals surface area contributed by atoms with Gasteiger partial charge in [-0.25, -0.2) is 27.9 Å². The number of carbonyl (C=O) groups is 1. The summed E-state index contributed by atoms with van der Waals surface area (Å²) in [7, 11) is 4.84. The maximum absolute atomic E-state index is 17.8. The molecular weight excluding hydrogens is 814 g/mol. The minimum Gasteiger partial charge on any atom is -0.472 e. The number of rotatable bonds is 10. The number of aromatic nitrogens is 3. The summed E-state index contributed by atoms with van der Waals surface area (Å²) in [5.41, 5.74) is 2.08. The lowest BCUT2D eigenvalue weighted by Crippen LogP contribution is -2.41. The molecule has 5 atom stereocenters. The van der Waals surface area contributed by atoms with Crippen molar-refractivity contribution in [3.8, 4) is 34.3 Å². The van der Waals surface area contributed by atoms with Gasteiger partial charge in [-0.05, 0) is 68.8 Å². The Bertz CT molecular complexity index is 2710. The van der Waals surface area contributed by atoms with Crippen LogP contribution in [-0.4, -0.2) is 76.9 Å². The minimum absolute atomic E-state index is 0.0284. The molecule has 1 aliphatic carbocycles. The maximum atomic E-state index is 17.8. The van der Waals surface area contributed by atoms with Crippen molar-refractivity contribution < 1.29 is 27.4 Å². The molecule has 10 nitrogen and oxygen atoms in total. The fraction of sp³-hybridized carbons (Fsp3) is 0.333. The Morgan fingerprint density at radius 1 is 1.00 bits per heavy atom. The van der Waals surface area contributed by atoms with Gasteiger partial charge in [0.1, 0.15) is 11.6 Å². The summed E-state index contributed by atoms with van der Waals surface area (Å²) < 4.78 is 64.2. The molecule has 1 N–H and O–H groups in total. The molecule has 3 saturated heterocycles. The first kappa shape index (κ1) is 40.0. The van der Waals surface area contributed by atoms with Gasteiger partial charge in [-0.2, -0.15) is 5.26 Å². The van der Waals surface area contributed by atoms with E-state index in [9.17, 15) is 10.1 Å². The van der Waals surface area contributed by atoms with Gasteiger partial charge in [0.05, 0.1) is 53.1 Å². The number of aryl methyl sites for hydroxylation is 1. The lowest BCUT2D eigenvalue weighted by Gasteiger charge is -2.39. The van der Waals surface area contributed by atoms with Crippen LogP contribution in [0.4, 0.5) is 18.0 Å². The second kappa shape index (κ2) is 15.9. The third-order valence-corrected chi connectivity index (χ3v) is 12.9. The molecule has 60 heavy (non-hydrogen) atoms. The largest absolute Gasteiger partial charge is 0.472 e. The SMILES string of the molecule is COC(=O)N1CC(Oc2ccccn2)CC1c1cc2c(-c3ccc(CN(C)C)c(F)c3F)nc3c(F)c(-c4cccc(Cl)c4Cl)c(CCC#N)cc3c2n1C1C2CNC1C2. The molecule has 3 aliphatic heterocycles. The van der Waals surface area contributed by atoms with Gasteiger partial charge in [0, 0.05) is 83.0 Å². The molecule has 15 heteroatoms. The maximum Gasteiger partial charge on any atom is 0.410 e. The number of methoxy groups -OCH3 is 1. The van der Waals surface area contributed by atoms with Crippen LogP contribution in [0.5, 0.6) is 5.88 Å². The number of nitriles is 1. The second-order valence-electron chi connectivity index (χ2n) is 16.0. The predicted octanol–water partition coefficient (Wildman–Crippen LogP) is 9.65. The summed E-state index contributed by atoms with van der Waals surface area (Å²) in [5.74, 6) is -2.30. The fourth-order valence-corrected chi connectivity index (χ4v) is 9.85. The van der Waals surface area contributed by atoms with E-state index in [2.05, 4.69) is 20.9 Å². The number of hydrogen-bond donors (Lipinski definition) is 1. The van der Waals surface area contributed by atoms with Gasteiger partial charge in [0.2, 0.25) is 5.88 Å². The molecule has 6 aromatic rings. The quantitative estimate of drug-likeness (QED) is 0.145. The summed E-state index contributed by atoms with van der Waals surface area (Å²) in [4.78, 5) is 26.2. The zero-order valence-electron chi connectivity index (χ0n) is 33.0. The van der Waals surface area contributed by atoms with Gasteiger partial charge in [-0.15, -0.1) is 0 Å². The first-order chi connectivity index (χ1) is 29.0. The normalized spacial score (nSPS) is 20.9. The van der Waals surface area contributed by atoms with Crippen molar-refractivity contribution in [3.63, 3.8) is 0 Å². The lowest BCUT2D eigenvalue weighted by atomic mass is 9.79. The molecule has 308 valence electrons. The Labute approximate surface area is 354 Å². The van der Waals surface area contributed by atoms with E-state index < -0.39 is 35.7 Å². The van der Waals surface area contributed by atoms with Crippen molar-refractivity contribution in [2.75, 3.05) is 34.3 Å². The Morgan fingerprint density at radius 2 is 1.83 bits per heavy atom. The Balaban J connectivity index is 1.37. The molecule has 4 fully saturated rings. The second-order valence-corrected chi connectivity index (χ2v) is 16.7. The van der Waals surface area contributed by atoms with Crippen LogP contribution in [0.3, 0.4) is 0 Å². The van der Waals surface area contributed by atoms with Crippen LogP contribution >= 0.6 is 23.2 Å². The zero-order valence-corrected chi connectivity index (χ0v) is 34.5. The van der Waals surface area contributed by atoms with Gasteiger partial charge >= 0.3 is 6.09 Å². The molecule has 5 unspecified atom stereocenters. The zero-order chi connectivity index (χ0) is 42.0. The number of benzene rings is 3. The molecule has 1 amide bonds. The first-order valence-electron chi connectivity index (χ1n) is 19.8. The molecule has 2 bridgehead atoms. The number of halogens is 5. The Kier molecular flexibility index (Phi) is 10.6. The average molecular weight is 855 g/mol. The topological polar surface area (TPSA) is 109 Å². The molecular formula is C45H40Cl2F3N7O3. The molecule has 10 rings (SSSR count). The number of fused-ring (bicyclic) bond motifs is 4. The van der Waals surface area contributed by atoms with Gasteiger partial charge in [-0.1, -0.05) is 47.5 Å². The standard InChI is InChI=1S/C45H40Cl2F3N7O3/c1-55(2)21-24-12-13-28(39(49)38(24)48)41-30-19-34(33-18-26(22-56(33)45(58)59-3)60-35-11-4-5-15-52-35)57(43-25-17-32(43)53-20-25)44(30)29-16-23(8-7-14-51)36(40(50)42(29)54-41)27-9-6-10-31(46)37(27)47/h4-6,9-13,15-16,19,25-26,32-33,43,53H,7-8,17-18,20-22H2,1-3H3. The van der Waals surface area contributed by atoms with Crippen molar-refractivity contribution in [3.05, 3.63) is 111 Å². The van der Waals surface area contributed by atoms with Gasteiger partial charge in [0.15, 0.2) is 17.5 Å². The molecule has 0 spiro atoms. The fourth-order valence-electron chi connectivity index (χ4n) is 9.46. The Morgan fingerprint density at radius 3 is 2.53 bits per heavy atom.